The van der Waals surface area contributed by atoms with Gasteiger partial charge in [0, 0.05) is 33.9 Å². The van der Waals surface area contributed by atoms with Crippen LogP contribution in [0.25, 0.3) is 0 Å². The number of guanidine groups is 1. The monoisotopic (exact) mass is 367 g/mol. The van der Waals surface area contributed by atoms with Gasteiger partial charge in [-0.3, -0.25) is 15.1 Å². The van der Waals surface area contributed by atoms with Crippen molar-refractivity contribution >= 4 is 17.9 Å². The number of fused-ring (bicyclic) bond motifs is 1. The van der Waals surface area contributed by atoms with Crippen LogP contribution in [0.2, 0.25) is 0 Å². The number of amides is 3. The zero-order valence-electron chi connectivity index (χ0n) is 16.3. The number of carbonyl (C=O) groups is 2. The number of aliphatic imine (C=N–C) groups is 1. The molecule has 2 saturated heterocycles. The number of nitrogens with one attached hydrogen (secondary N) is 2. The van der Waals surface area contributed by atoms with Gasteiger partial charge in [0.1, 0.15) is 6.17 Å². The van der Waals surface area contributed by atoms with Gasteiger partial charge in [-0.2, -0.15) is 0 Å². The van der Waals surface area contributed by atoms with Crippen LogP contribution < -0.4 is 10.6 Å². The summed E-state index contributed by atoms with van der Waals surface area (Å²) in [6, 6.07) is -0.793. The van der Waals surface area contributed by atoms with Crippen molar-refractivity contribution in [2.24, 2.45) is 4.99 Å². The van der Waals surface area contributed by atoms with Crippen molar-refractivity contribution in [2.75, 3.05) is 33.9 Å². The number of ether oxygens (including phenoxy) is 1. The first-order valence-electron chi connectivity index (χ1n) is 9.74. The molecule has 2 atom stereocenters. The average molecular weight is 367 g/mol. The maximum atomic E-state index is 12.4. The van der Waals surface area contributed by atoms with Crippen molar-refractivity contribution in [3.05, 3.63) is 0 Å². The third kappa shape index (κ3) is 5.09. The number of imide groups is 1. The summed E-state index contributed by atoms with van der Waals surface area (Å²) in [7, 11) is 3.37. The van der Waals surface area contributed by atoms with Crippen molar-refractivity contribution in [1.82, 2.24) is 20.4 Å². The number of hydrogen-bond acceptors (Lipinski definition) is 4. The van der Waals surface area contributed by atoms with Crippen molar-refractivity contribution in [3.63, 3.8) is 0 Å². The van der Waals surface area contributed by atoms with E-state index in [-0.39, 0.29) is 18.1 Å². The molecule has 0 aromatic rings. The molecule has 2 aliphatic heterocycles. The molecule has 8 nitrogen and oxygen atoms in total. The van der Waals surface area contributed by atoms with Crippen LogP contribution in [0.5, 0.6) is 0 Å². The molecule has 2 heterocycles. The quantitative estimate of drug-likeness (QED) is 0.541. The van der Waals surface area contributed by atoms with E-state index in [4.69, 9.17) is 4.74 Å². The molecule has 0 aromatic heterocycles. The standard InChI is InChI=1S/C18H33N5O3/c1-4-5-6-7-8-9-12-23-14-15(22(2)18(25)21-16(14)24)20-17(23)19-11-10-13-26-3/h14-15H,4-13H2,1-3H3,(H,19,20)(H,21,24,25). The van der Waals surface area contributed by atoms with Crippen LogP contribution in [0.1, 0.15) is 51.9 Å². The number of rotatable bonds is 11. The topological polar surface area (TPSA) is 86.3 Å². The Morgan fingerprint density at radius 2 is 1.85 bits per heavy atom. The molecule has 148 valence electrons. The average Bonchev–Trinajstić information content (AvgIpc) is 2.99. The summed E-state index contributed by atoms with van der Waals surface area (Å²) >= 11 is 0. The second kappa shape index (κ2) is 10.4. The van der Waals surface area contributed by atoms with Gasteiger partial charge in [0.05, 0.1) is 0 Å². The molecule has 0 spiro atoms. The number of hydrogen-bond donors (Lipinski definition) is 2. The number of carbonyl (C=O) groups excluding carboxylic acids is 2. The minimum Gasteiger partial charge on any atom is -0.385 e. The lowest BCUT2D eigenvalue weighted by Crippen LogP contribution is -2.64. The summed E-state index contributed by atoms with van der Waals surface area (Å²) in [4.78, 5) is 32.5. The second-order valence-electron chi connectivity index (χ2n) is 6.95. The van der Waals surface area contributed by atoms with Crippen molar-refractivity contribution in [1.29, 1.82) is 0 Å². The summed E-state index contributed by atoms with van der Waals surface area (Å²) in [6.45, 7) is 4.25. The van der Waals surface area contributed by atoms with E-state index in [9.17, 15) is 9.59 Å². The molecule has 26 heavy (non-hydrogen) atoms. The molecule has 0 radical (unpaired) electrons. The predicted octanol–water partition coefficient (Wildman–Crippen LogP) is 1.52. The highest BCUT2D eigenvalue weighted by Gasteiger charge is 2.49. The van der Waals surface area contributed by atoms with Gasteiger partial charge in [-0.15, -0.1) is 0 Å². The third-order valence-electron chi connectivity index (χ3n) is 4.94. The number of unbranched alkanes of at least 4 members (excludes halogenated alkanes) is 5. The highest BCUT2D eigenvalue weighted by molar-refractivity contribution is 6.04. The summed E-state index contributed by atoms with van der Waals surface area (Å²) in [5.41, 5.74) is 0. The Morgan fingerprint density at radius 1 is 1.12 bits per heavy atom. The first-order valence-corrected chi connectivity index (χ1v) is 9.74. The fourth-order valence-corrected chi connectivity index (χ4v) is 3.42. The van der Waals surface area contributed by atoms with Gasteiger partial charge in [0.25, 0.3) is 5.91 Å². The molecule has 2 N–H and O–H groups in total. The van der Waals surface area contributed by atoms with Gasteiger partial charge in [-0.05, 0) is 12.8 Å². The van der Waals surface area contributed by atoms with Gasteiger partial charge >= 0.3 is 6.03 Å². The van der Waals surface area contributed by atoms with Crippen molar-refractivity contribution in [3.8, 4) is 0 Å². The lowest BCUT2D eigenvalue weighted by molar-refractivity contribution is -0.127. The zero-order valence-corrected chi connectivity index (χ0v) is 16.3. The lowest BCUT2D eigenvalue weighted by Gasteiger charge is -2.35. The summed E-state index contributed by atoms with van der Waals surface area (Å²) < 4.78 is 5.07. The molecule has 0 bridgehead atoms. The second-order valence-corrected chi connectivity index (χ2v) is 6.95. The molecule has 2 unspecified atom stereocenters. The Morgan fingerprint density at radius 3 is 2.58 bits per heavy atom. The maximum absolute atomic E-state index is 12.4. The van der Waals surface area contributed by atoms with Crippen LogP contribution in [-0.2, 0) is 9.53 Å². The van der Waals surface area contributed by atoms with E-state index in [1.165, 1.54) is 30.6 Å². The summed E-state index contributed by atoms with van der Waals surface area (Å²) in [5, 5.41) is 5.71. The first-order chi connectivity index (χ1) is 12.6. The van der Waals surface area contributed by atoms with Crippen LogP contribution >= 0.6 is 0 Å². The Bertz CT molecular complexity index is 511. The van der Waals surface area contributed by atoms with E-state index in [2.05, 4.69) is 22.5 Å². The summed E-state index contributed by atoms with van der Waals surface area (Å²) in [5.74, 6) is 0.458. The molecular weight excluding hydrogens is 334 g/mol. The molecule has 0 aromatic carbocycles. The molecule has 8 heteroatoms. The lowest BCUT2D eigenvalue weighted by atomic mass is 10.1. The fraction of sp³-hybridized carbons (Fsp3) is 0.833. The van der Waals surface area contributed by atoms with Crippen molar-refractivity contribution < 1.29 is 14.3 Å². The van der Waals surface area contributed by atoms with E-state index in [0.717, 1.165) is 25.8 Å². The van der Waals surface area contributed by atoms with Gasteiger partial charge in [-0.25, -0.2) is 4.79 Å². The van der Waals surface area contributed by atoms with Gasteiger partial charge < -0.3 is 19.9 Å². The maximum Gasteiger partial charge on any atom is 0.325 e. The number of methoxy groups -OCH3 is 1. The van der Waals surface area contributed by atoms with Gasteiger partial charge in [0.2, 0.25) is 0 Å². The molecule has 0 aliphatic carbocycles. The molecule has 2 aliphatic rings. The minimum atomic E-state index is -0.422. The minimum absolute atomic E-state index is 0.251. The van der Waals surface area contributed by atoms with Gasteiger partial charge in [0.15, 0.2) is 12.0 Å². The van der Waals surface area contributed by atoms with Gasteiger partial charge in [-0.1, -0.05) is 39.0 Å². The van der Waals surface area contributed by atoms with Crippen LogP contribution in [0.4, 0.5) is 4.79 Å². The normalized spacial score (nSPS) is 24.0. The number of nitrogens with zero attached hydrogens (tertiary/aromatic N) is 3. The Balaban J connectivity index is 2.00. The third-order valence-corrected chi connectivity index (χ3v) is 4.94. The number of likely N-dealkylation sites (N-methyl/N-ethyl adjacent to an activating group) is 1. The Kier molecular flexibility index (Phi) is 8.15. The summed E-state index contributed by atoms with van der Waals surface area (Å²) in [6.07, 6.45) is 7.60. The Hall–Kier alpha value is -1.83. The fourth-order valence-electron chi connectivity index (χ4n) is 3.42. The largest absolute Gasteiger partial charge is 0.385 e. The predicted molar refractivity (Wildman–Crippen MR) is 101 cm³/mol. The molecule has 0 saturated carbocycles. The van der Waals surface area contributed by atoms with E-state index in [1.54, 1.807) is 14.2 Å². The van der Waals surface area contributed by atoms with E-state index in [0.29, 0.717) is 19.1 Å². The number of urea groups is 1. The van der Waals surface area contributed by atoms with E-state index < -0.39 is 6.04 Å². The van der Waals surface area contributed by atoms with Crippen LogP contribution in [0, 0.1) is 0 Å². The highest BCUT2D eigenvalue weighted by Crippen LogP contribution is 2.21. The van der Waals surface area contributed by atoms with E-state index in [1.807, 2.05) is 4.90 Å². The molecular formula is C18H33N5O3. The van der Waals surface area contributed by atoms with Crippen molar-refractivity contribution in [2.45, 2.75) is 64.1 Å². The molecule has 2 fully saturated rings. The first kappa shape index (κ1) is 20.5. The molecule has 3 amide bonds. The SMILES string of the molecule is CCCCCCCCN1C(=NCCCOC)NC2C1C(=O)NC(=O)N2C. The van der Waals surface area contributed by atoms with Crippen LogP contribution in [0.15, 0.2) is 4.99 Å². The van der Waals surface area contributed by atoms with Crippen LogP contribution in [0.3, 0.4) is 0 Å². The Labute approximate surface area is 156 Å². The molecule has 2 rings (SSSR count). The van der Waals surface area contributed by atoms with E-state index >= 15 is 0 Å². The smallest absolute Gasteiger partial charge is 0.325 e. The van der Waals surface area contributed by atoms with Crippen LogP contribution in [-0.4, -0.2) is 73.8 Å². The highest BCUT2D eigenvalue weighted by atomic mass is 16.5. The zero-order chi connectivity index (χ0) is 18.9.